The molecule has 0 bridgehead atoms. The monoisotopic (exact) mass is 454 g/mol. The molecule has 5 atom stereocenters. The first kappa shape index (κ1) is 22.9. The van der Waals surface area contributed by atoms with E-state index in [1.807, 2.05) is 43.3 Å². The summed E-state index contributed by atoms with van der Waals surface area (Å²) in [6, 6.07) is 6.73. The lowest BCUT2D eigenvalue weighted by Gasteiger charge is -2.32. The van der Waals surface area contributed by atoms with E-state index in [2.05, 4.69) is 20.9 Å². The minimum absolute atomic E-state index is 0.0168. The number of unbranched alkanes of at least 4 members (excludes halogenated alkanes) is 1. The number of carbonyl (C=O) groups is 3. The van der Waals surface area contributed by atoms with Gasteiger partial charge in [-0.3, -0.25) is 14.4 Å². The topological polar surface area (TPSA) is 129 Å². The molecule has 1 fully saturated rings. The summed E-state index contributed by atoms with van der Waals surface area (Å²) in [5.41, 5.74) is 1.52. The number of rotatable bonds is 8. The fourth-order valence-electron chi connectivity index (χ4n) is 5.09. The van der Waals surface area contributed by atoms with Crippen LogP contribution in [0.5, 0.6) is 0 Å². The highest BCUT2D eigenvalue weighted by atomic mass is 16.3. The van der Waals surface area contributed by atoms with E-state index in [-0.39, 0.29) is 36.9 Å². The van der Waals surface area contributed by atoms with Gasteiger partial charge in [-0.2, -0.15) is 0 Å². The molecule has 1 aliphatic heterocycles. The highest BCUT2D eigenvalue weighted by Gasteiger charge is 2.56. The second-order valence-electron chi connectivity index (χ2n) is 8.67. The molecular formula is C23H30N6O4. The number of aliphatic hydroxyl groups excluding tert-OH is 1. The van der Waals surface area contributed by atoms with Crippen LogP contribution in [0.15, 0.2) is 36.4 Å². The van der Waals surface area contributed by atoms with Crippen LogP contribution in [0, 0.1) is 23.7 Å². The summed E-state index contributed by atoms with van der Waals surface area (Å²) in [4.78, 5) is 41.1. The van der Waals surface area contributed by atoms with Gasteiger partial charge in [0.05, 0.1) is 17.4 Å². The molecule has 1 saturated heterocycles. The maximum atomic E-state index is 13.5. The van der Waals surface area contributed by atoms with Crippen LogP contribution in [0.3, 0.4) is 0 Å². The van der Waals surface area contributed by atoms with Gasteiger partial charge in [0.1, 0.15) is 18.2 Å². The Hall–Kier alpha value is -3.27. The number of aliphatic hydroxyl groups is 1. The van der Waals surface area contributed by atoms with Gasteiger partial charge in [0.2, 0.25) is 17.7 Å². The fraction of sp³-hybridized carbons (Fsp3) is 0.522. The van der Waals surface area contributed by atoms with Crippen molar-refractivity contribution in [1.82, 2.24) is 30.5 Å². The van der Waals surface area contributed by atoms with E-state index in [9.17, 15) is 19.5 Å². The Labute approximate surface area is 192 Å². The minimum Gasteiger partial charge on any atom is -0.396 e. The Morgan fingerprint density at radius 1 is 1.15 bits per heavy atom. The van der Waals surface area contributed by atoms with E-state index in [4.69, 9.17) is 0 Å². The number of benzene rings is 1. The summed E-state index contributed by atoms with van der Waals surface area (Å²) in [6.45, 7) is 2.40. The number of aromatic nitrogens is 3. The molecule has 0 radical (unpaired) electrons. The number of nitrogens with zero attached hydrogens (tertiary/aromatic N) is 4. The first-order valence-corrected chi connectivity index (χ1v) is 11.3. The van der Waals surface area contributed by atoms with Crippen LogP contribution in [0.4, 0.5) is 0 Å². The quantitative estimate of drug-likeness (QED) is 0.388. The molecule has 10 heteroatoms. The number of nitrogens with one attached hydrogen (secondary N) is 2. The maximum Gasteiger partial charge on any atom is 0.244 e. The summed E-state index contributed by atoms with van der Waals surface area (Å²) in [6.07, 6.45) is 4.94. The number of likely N-dealkylation sites (tertiary alicyclic amines) is 1. The first-order chi connectivity index (χ1) is 16.0. The largest absolute Gasteiger partial charge is 0.396 e. The molecule has 2 heterocycles. The van der Waals surface area contributed by atoms with Crippen LogP contribution < -0.4 is 10.6 Å². The number of para-hydroxylation sites is 1. The molecule has 1 aromatic heterocycles. The van der Waals surface area contributed by atoms with Gasteiger partial charge in [-0.25, -0.2) is 4.68 Å². The zero-order valence-corrected chi connectivity index (χ0v) is 18.8. The molecule has 3 N–H and O–H groups in total. The summed E-state index contributed by atoms with van der Waals surface area (Å²) >= 11 is 0. The Morgan fingerprint density at radius 2 is 1.94 bits per heavy atom. The van der Waals surface area contributed by atoms with Crippen molar-refractivity contribution in [3.63, 3.8) is 0 Å². The Bertz CT molecular complexity index is 1070. The number of amides is 3. The fourth-order valence-corrected chi connectivity index (χ4v) is 5.09. The summed E-state index contributed by atoms with van der Waals surface area (Å²) in [5.74, 6) is -2.32. The molecule has 33 heavy (non-hydrogen) atoms. The third kappa shape index (κ3) is 4.22. The second-order valence-corrected chi connectivity index (χ2v) is 8.67. The first-order valence-electron chi connectivity index (χ1n) is 11.3. The van der Waals surface area contributed by atoms with Crippen molar-refractivity contribution >= 4 is 28.8 Å². The van der Waals surface area contributed by atoms with E-state index in [0.29, 0.717) is 19.4 Å². The number of hydrogen-bond donors (Lipinski definition) is 3. The van der Waals surface area contributed by atoms with Crippen LogP contribution in [0.2, 0.25) is 0 Å². The lowest BCUT2D eigenvalue weighted by Crippen LogP contribution is -2.48. The molecule has 0 unspecified atom stereocenters. The van der Waals surface area contributed by atoms with E-state index in [1.54, 1.807) is 16.6 Å². The average molecular weight is 455 g/mol. The molecule has 2 aromatic rings. The molecule has 176 valence electrons. The molecule has 4 rings (SSSR count). The number of allylic oxidation sites excluding steroid dienone is 1. The Balaban J connectivity index is 1.58. The minimum atomic E-state index is -0.730. The van der Waals surface area contributed by atoms with Crippen LogP contribution in [0.1, 0.15) is 19.8 Å². The lowest BCUT2D eigenvalue weighted by molar-refractivity contribution is -0.140. The maximum absolute atomic E-state index is 13.5. The van der Waals surface area contributed by atoms with Crippen molar-refractivity contribution in [1.29, 1.82) is 0 Å². The summed E-state index contributed by atoms with van der Waals surface area (Å²) in [5, 5.41) is 23.0. The van der Waals surface area contributed by atoms with E-state index in [1.165, 1.54) is 0 Å². The van der Waals surface area contributed by atoms with Gasteiger partial charge in [-0.15, -0.1) is 5.10 Å². The van der Waals surface area contributed by atoms with Gasteiger partial charge in [0.25, 0.3) is 0 Å². The summed E-state index contributed by atoms with van der Waals surface area (Å²) in [7, 11) is 1.56. The highest BCUT2D eigenvalue weighted by Crippen LogP contribution is 2.44. The normalized spacial score (nSPS) is 26.5. The van der Waals surface area contributed by atoms with Crippen molar-refractivity contribution < 1.29 is 19.5 Å². The van der Waals surface area contributed by atoms with Crippen LogP contribution in [-0.2, 0) is 21.1 Å². The van der Waals surface area contributed by atoms with E-state index in [0.717, 1.165) is 11.0 Å². The second kappa shape index (κ2) is 9.70. The molecule has 0 spiro atoms. The number of hydrogen-bond acceptors (Lipinski definition) is 6. The molecule has 2 aliphatic rings. The molecular weight excluding hydrogens is 424 g/mol. The van der Waals surface area contributed by atoms with E-state index < -0.39 is 23.8 Å². The van der Waals surface area contributed by atoms with Crippen LogP contribution in [-0.4, -0.2) is 69.0 Å². The number of carbonyl (C=O) groups excluding carboxylic acids is 3. The predicted molar refractivity (Wildman–Crippen MR) is 120 cm³/mol. The number of fused-ring (bicyclic) bond motifs is 2. The average Bonchev–Trinajstić information content (AvgIpc) is 3.36. The van der Waals surface area contributed by atoms with Gasteiger partial charge in [0, 0.05) is 26.1 Å². The highest BCUT2D eigenvalue weighted by molar-refractivity contribution is 5.96. The van der Waals surface area contributed by atoms with Gasteiger partial charge < -0.3 is 20.6 Å². The van der Waals surface area contributed by atoms with Gasteiger partial charge in [-0.05, 0) is 30.9 Å². The zero-order valence-electron chi connectivity index (χ0n) is 18.8. The van der Waals surface area contributed by atoms with Crippen molar-refractivity contribution in [2.24, 2.45) is 23.7 Å². The Kier molecular flexibility index (Phi) is 6.73. The molecule has 1 aliphatic carbocycles. The van der Waals surface area contributed by atoms with Crippen LogP contribution >= 0.6 is 0 Å². The van der Waals surface area contributed by atoms with Crippen molar-refractivity contribution in [2.45, 2.75) is 32.5 Å². The standard InChI is InChI=1S/C23H30N6O4/c1-14-9-10-15-19(18(14)21(31)24-2)23(33)28(11-5-6-12-30)20(15)22(32)25-13-29-17-8-4-3-7-16(17)26-27-29/h3-4,7-10,14-15,18-20,30H,5-6,11-13H2,1-2H3,(H,24,31)(H,25,32)/t14-,15+,18-,19+,20+/m1/s1. The lowest BCUT2D eigenvalue weighted by atomic mass is 9.70. The van der Waals surface area contributed by atoms with Gasteiger partial charge in [-0.1, -0.05) is 36.4 Å². The van der Waals surface area contributed by atoms with E-state index >= 15 is 0 Å². The van der Waals surface area contributed by atoms with Gasteiger partial charge in [0.15, 0.2) is 0 Å². The van der Waals surface area contributed by atoms with Crippen molar-refractivity contribution in [3.05, 3.63) is 36.4 Å². The third-order valence-corrected chi connectivity index (χ3v) is 6.72. The predicted octanol–water partition coefficient (Wildman–Crippen LogP) is 0.289. The molecule has 1 aromatic carbocycles. The van der Waals surface area contributed by atoms with Gasteiger partial charge >= 0.3 is 0 Å². The SMILES string of the molecule is CNC(=O)[C@H]1[C@H]2C(=O)N(CCCCO)[C@H](C(=O)NCn3nnc4ccccc43)[C@H]2C=C[C@H]1C. The van der Waals surface area contributed by atoms with Crippen molar-refractivity contribution in [3.8, 4) is 0 Å². The zero-order chi connectivity index (χ0) is 23.5. The Morgan fingerprint density at radius 3 is 2.70 bits per heavy atom. The van der Waals surface area contributed by atoms with Crippen LogP contribution in [0.25, 0.3) is 11.0 Å². The third-order valence-electron chi connectivity index (χ3n) is 6.72. The smallest absolute Gasteiger partial charge is 0.244 e. The molecule has 3 amide bonds. The molecule has 10 nitrogen and oxygen atoms in total. The molecule has 0 saturated carbocycles. The van der Waals surface area contributed by atoms with Crippen molar-refractivity contribution in [2.75, 3.05) is 20.2 Å². The summed E-state index contributed by atoms with van der Waals surface area (Å²) < 4.78 is 1.60.